The van der Waals surface area contributed by atoms with Gasteiger partial charge in [-0.1, -0.05) is 27.7 Å². The molecule has 4 N–H and O–H groups in total. The van der Waals surface area contributed by atoms with Crippen molar-refractivity contribution in [1.82, 2.24) is 10.7 Å². The summed E-state index contributed by atoms with van der Waals surface area (Å²) in [6.45, 7) is 11.2. The summed E-state index contributed by atoms with van der Waals surface area (Å²) < 4.78 is 5.32. The Labute approximate surface area is 220 Å². The van der Waals surface area contributed by atoms with E-state index < -0.39 is 5.97 Å². The molecule has 3 rings (SSSR count). The number of anilines is 2. The van der Waals surface area contributed by atoms with Crippen molar-refractivity contribution in [3.05, 3.63) is 65.9 Å². The largest absolute Gasteiger partial charge is 0.497 e. The third-order valence-corrected chi connectivity index (χ3v) is 6.92. The number of benzene rings is 2. The summed E-state index contributed by atoms with van der Waals surface area (Å²) in [5, 5.41) is 17.2. The van der Waals surface area contributed by atoms with E-state index in [1.54, 1.807) is 19.2 Å². The van der Waals surface area contributed by atoms with Gasteiger partial charge in [0.25, 0.3) is 5.91 Å². The molecule has 0 saturated carbocycles. The average molecular weight is 509 g/mol. The third kappa shape index (κ3) is 7.04. The highest BCUT2D eigenvalue weighted by molar-refractivity contribution is 5.94. The van der Waals surface area contributed by atoms with Gasteiger partial charge >= 0.3 is 5.97 Å². The number of rotatable bonds is 12. The first-order chi connectivity index (χ1) is 17.5. The van der Waals surface area contributed by atoms with E-state index >= 15 is 0 Å². The fraction of sp³-hybridized carbons (Fsp3) is 0.448. The van der Waals surface area contributed by atoms with E-state index in [-0.39, 0.29) is 30.5 Å². The first-order valence-corrected chi connectivity index (χ1v) is 12.8. The van der Waals surface area contributed by atoms with Gasteiger partial charge in [-0.25, -0.2) is 5.43 Å². The second kappa shape index (κ2) is 12.1. The van der Waals surface area contributed by atoms with Crippen molar-refractivity contribution in [3.63, 3.8) is 0 Å². The van der Waals surface area contributed by atoms with Crippen LogP contribution in [0.25, 0.3) is 0 Å². The topological polar surface area (TPSA) is 103 Å². The molecule has 2 aromatic carbocycles. The Balaban J connectivity index is 1.84. The van der Waals surface area contributed by atoms with Gasteiger partial charge in [0, 0.05) is 24.0 Å². The van der Waals surface area contributed by atoms with Crippen LogP contribution in [0.15, 0.2) is 60.3 Å². The summed E-state index contributed by atoms with van der Waals surface area (Å²) in [6.07, 6.45) is 3.03. The number of carbonyl (C=O) groups excluding carboxylic acids is 1. The Bertz CT molecular complexity index is 1100. The minimum Gasteiger partial charge on any atom is -0.497 e. The molecular formula is C29H40N4O4. The second-order valence-corrected chi connectivity index (χ2v) is 10.4. The molecule has 0 saturated heterocycles. The van der Waals surface area contributed by atoms with Gasteiger partial charge in [-0.15, -0.1) is 0 Å². The van der Waals surface area contributed by atoms with Gasteiger partial charge < -0.3 is 20.5 Å². The number of carboxylic acid groups (broad SMARTS) is 1. The molecule has 1 aliphatic rings. The molecule has 2 unspecified atom stereocenters. The van der Waals surface area contributed by atoms with Crippen LogP contribution in [0.5, 0.6) is 5.75 Å². The lowest BCUT2D eigenvalue weighted by molar-refractivity contribution is -0.136. The molecule has 0 spiro atoms. The number of ether oxygens (including phenoxy) is 1. The van der Waals surface area contributed by atoms with Crippen LogP contribution in [0, 0.1) is 11.8 Å². The van der Waals surface area contributed by atoms with E-state index in [0.717, 1.165) is 23.5 Å². The van der Waals surface area contributed by atoms with E-state index in [0.29, 0.717) is 17.4 Å². The van der Waals surface area contributed by atoms with Gasteiger partial charge in [0.2, 0.25) is 0 Å². The fourth-order valence-electron chi connectivity index (χ4n) is 4.46. The van der Waals surface area contributed by atoms with Gasteiger partial charge in [0.15, 0.2) is 0 Å². The molecular weight excluding hydrogens is 468 g/mol. The molecule has 8 heteroatoms. The average Bonchev–Trinajstić information content (AvgIpc) is 3.22. The summed E-state index contributed by atoms with van der Waals surface area (Å²) in [5.41, 5.74) is 7.17. The maximum Gasteiger partial charge on any atom is 0.305 e. The number of carbonyl (C=O) groups is 2. The van der Waals surface area contributed by atoms with Gasteiger partial charge in [0.1, 0.15) is 5.75 Å². The first-order valence-electron chi connectivity index (χ1n) is 12.8. The van der Waals surface area contributed by atoms with Crippen molar-refractivity contribution in [2.24, 2.45) is 11.8 Å². The van der Waals surface area contributed by atoms with Crippen molar-refractivity contribution in [2.45, 2.75) is 59.0 Å². The molecule has 200 valence electrons. The van der Waals surface area contributed by atoms with E-state index in [1.165, 1.54) is 5.57 Å². The number of aliphatic carboxylic acids is 1. The molecule has 1 amide bonds. The quantitative estimate of drug-likeness (QED) is 0.318. The highest BCUT2D eigenvalue weighted by Crippen LogP contribution is 2.38. The summed E-state index contributed by atoms with van der Waals surface area (Å²) >= 11 is 0. The lowest BCUT2D eigenvalue weighted by atomic mass is 9.78. The molecule has 0 radical (unpaired) electrons. The number of nitrogens with one attached hydrogen (secondary N) is 3. The SMILES string of the molecule is COc1ccc(N2C=C(C(CC(C)C)Nc3ccc(C(=O)NCCC(=O)O)cc3)C(C)(C(C)C)N2)cc1. The van der Waals surface area contributed by atoms with Crippen molar-refractivity contribution < 1.29 is 19.4 Å². The Morgan fingerprint density at radius 1 is 1.05 bits per heavy atom. The smallest absolute Gasteiger partial charge is 0.305 e. The molecule has 0 aliphatic carbocycles. The Hall–Kier alpha value is -3.52. The second-order valence-electron chi connectivity index (χ2n) is 10.4. The normalized spacial score (nSPS) is 18.1. The highest BCUT2D eigenvalue weighted by Gasteiger charge is 2.42. The van der Waals surface area contributed by atoms with Gasteiger partial charge in [0.05, 0.1) is 30.8 Å². The lowest BCUT2D eigenvalue weighted by Gasteiger charge is -2.38. The molecule has 2 atom stereocenters. The minimum absolute atomic E-state index is 0.0680. The van der Waals surface area contributed by atoms with Gasteiger partial charge in [-0.3, -0.25) is 14.6 Å². The molecule has 1 heterocycles. The first kappa shape index (κ1) is 28.1. The number of carboxylic acids is 1. The standard InChI is InChI=1S/C29H40N4O4/c1-19(2)17-26(31-22-9-7-21(8-10-22)28(36)30-16-15-27(34)35)25-18-33(32-29(25,5)20(3)4)23-11-13-24(37-6)14-12-23/h7-14,18-20,26,31-32H,15-17H2,1-6H3,(H,30,36)(H,34,35). The predicted molar refractivity (Wildman–Crippen MR) is 148 cm³/mol. The monoisotopic (exact) mass is 508 g/mol. The number of hydrogen-bond donors (Lipinski definition) is 4. The van der Waals surface area contributed by atoms with Crippen LogP contribution >= 0.6 is 0 Å². The molecule has 1 aliphatic heterocycles. The maximum absolute atomic E-state index is 12.3. The summed E-state index contributed by atoms with van der Waals surface area (Å²) in [6, 6.07) is 15.4. The zero-order valence-corrected chi connectivity index (χ0v) is 22.7. The van der Waals surface area contributed by atoms with Gasteiger partial charge in [-0.2, -0.15) is 0 Å². The third-order valence-electron chi connectivity index (χ3n) is 6.92. The maximum atomic E-state index is 12.3. The summed E-state index contributed by atoms with van der Waals surface area (Å²) in [5.74, 6) is 0.388. The number of hydrazine groups is 1. The summed E-state index contributed by atoms with van der Waals surface area (Å²) in [7, 11) is 1.66. The minimum atomic E-state index is -0.939. The summed E-state index contributed by atoms with van der Waals surface area (Å²) in [4.78, 5) is 23.0. The van der Waals surface area contributed by atoms with Crippen LogP contribution in [0.2, 0.25) is 0 Å². The highest BCUT2D eigenvalue weighted by atomic mass is 16.5. The molecule has 0 fully saturated rings. The fourth-order valence-corrected chi connectivity index (χ4v) is 4.46. The Kier molecular flexibility index (Phi) is 9.21. The van der Waals surface area contributed by atoms with Crippen molar-refractivity contribution in [2.75, 3.05) is 24.0 Å². The van der Waals surface area contributed by atoms with Gasteiger partial charge in [-0.05, 0) is 79.3 Å². The van der Waals surface area contributed by atoms with E-state index in [4.69, 9.17) is 9.84 Å². The number of hydrogen-bond acceptors (Lipinski definition) is 6. The molecule has 37 heavy (non-hydrogen) atoms. The molecule has 2 aromatic rings. The van der Waals surface area contributed by atoms with E-state index in [1.807, 2.05) is 36.4 Å². The zero-order valence-electron chi connectivity index (χ0n) is 22.7. The van der Waals surface area contributed by atoms with Crippen molar-refractivity contribution >= 4 is 23.3 Å². The van der Waals surface area contributed by atoms with Crippen LogP contribution in [0.3, 0.4) is 0 Å². The van der Waals surface area contributed by atoms with Crippen LogP contribution in [-0.2, 0) is 4.79 Å². The lowest BCUT2D eigenvalue weighted by Crippen LogP contribution is -2.52. The van der Waals surface area contributed by atoms with Crippen molar-refractivity contribution in [3.8, 4) is 5.75 Å². The van der Waals surface area contributed by atoms with Crippen LogP contribution < -0.4 is 25.8 Å². The Morgan fingerprint density at radius 2 is 1.70 bits per heavy atom. The zero-order chi connectivity index (χ0) is 27.2. The van der Waals surface area contributed by atoms with E-state index in [2.05, 4.69) is 61.9 Å². The van der Waals surface area contributed by atoms with Crippen LogP contribution in [0.4, 0.5) is 11.4 Å². The number of methoxy groups -OCH3 is 1. The van der Waals surface area contributed by atoms with Crippen LogP contribution in [-0.4, -0.2) is 42.2 Å². The number of nitrogens with zero attached hydrogens (tertiary/aromatic N) is 1. The molecule has 8 nitrogen and oxygen atoms in total. The predicted octanol–water partition coefficient (Wildman–Crippen LogP) is 5.05. The van der Waals surface area contributed by atoms with Crippen molar-refractivity contribution in [1.29, 1.82) is 0 Å². The van der Waals surface area contributed by atoms with Crippen LogP contribution in [0.1, 0.15) is 57.8 Å². The molecule has 0 aromatic heterocycles. The molecule has 0 bridgehead atoms. The Morgan fingerprint density at radius 3 is 2.24 bits per heavy atom. The number of amides is 1. The van der Waals surface area contributed by atoms with E-state index in [9.17, 15) is 9.59 Å².